The Morgan fingerprint density at radius 1 is 1.11 bits per heavy atom. The van der Waals surface area contributed by atoms with Crippen LogP contribution in [0.25, 0.3) is 5.78 Å². The number of rotatable bonds is 12. The van der Waals surface area contributed by atoms with Gasteiger partial charge in [0.15, 0.2) is 22.3 Å². The molecular formula is C31H30N12O10S3. The second kappa shape index (κ2) is 15.3. The molecule has 1 fully saturated rings. The number of anilines is 1. The molecular weight excluding hydrogens is 797 g/mol. The van der Waals surface area contributed by atoms with E-state index in [4.69, 9.17) is 16.3 Å². The summed E-state index contributed by atoms with van der Waals surface area (Å²) in [4.78, 5) is 95.5. The number of thiazole rings is 1. The molecule has 1 saturated heterocycles. The molecule has 0 saturated carbocycles. The predicted octanol–water partition coefficient (Wildman–Crippen LogP) is -0.527. The Bertz CT molecular complexity index is 2390. The number of carbonyl (C=O) groups excluding carboxylic acids is 5. The molecule has 22 nitrogen and oxygen atoms in total. The van der Waals surface area contributed by atoms with Crippen LogP contribution in [0, 0.1) is 6.92 Å². The number of benzene rings is 1. The zero-order chi connectivity index (χ0) is 40.6. The smallest absolute Gasteiger partial charge is 0.352 e. The molecule has 6 rings (SSSR count). The van der Waals surface area contributed by atoms with E-state index in [0.29, 0.717) is 16.3 Å². The Morgan fingerprint density at radius 3 is 2.52 bits per heavy atom. The molecule has 0 spiro atoms. The SMILES string of the molecule is Cc1cc(SCC2=C(C(=O)O)N3C(=O)C(NC(=O)C(=NOC(C)(C)C(=O)NNC(=O)c4ccc(O)c(O)c4)c4csc(N)n4)C3SC2)n2nc(C(N)=O)nc2n1. The standard InChI is InChI=1S/C31H30N12O10S3/c1-11-6-17(43-30(34-11)37-22(40-43)21(32)46)54-8-13-9-55-26-19(25(49)42(26)20(13)27(50)51)36-24(48)18(14-10-56-29(33)35-14)41-53-31(2,3)28(52)39-38-23(47)12-4-5-15(44)16(45)7-12/h4-7,10,19,26,44-45H,8-9H2,1-3H3,(H2,32,46)(H2,33,35)(H,36,48)(H,38,47)(H,39,52)(H,50,51). The van der Waals surface area contributed by atoms with Gasteiger partial charge in [0.25, 0.3) is 35.3 Å². The number of carboxylic acids is 1. The molecule has 3 aromatic heterocycles. The average molecular weight is 827 g/mol. The van der Waals surface area contributed by atoms with E-state index in [1.54, 1.807) is 13.0 Å². The molecule has 5 heterocycles. The van der Waals surface area contributed by atoms with Crippen molar-refractivity contribution in [3.8, 4) is 11.5 Å². The van der Waals surface area contributed by atoms with E-state index in [9.17, 15) is 44.1 Å². The number of hydrogen-bond donors (Lipinski definition) is 8. The highest BCUT2D eigenvalue weighted by Gasteiger charge is 2.54. The van der Waals surface area contributed by atoms with Gasteiger partial charge in [-0.25, -0.2) is 14.8 Å². The third-order valence-electron chi connectivity index (χ3n) is 7.98. The van der Waals surface area contributed by atoms with Crippen molar-refractivity contribution in [1.82, 2.24) is 45.6 Å². The fourth-order valence-electron chi connectivity index (χ4n) is 5.13. The summed E-state index contributed by atoms with van der Waals surface area (Å²) in [5.41, 5.74) is 13.7. The minimum Gasteiger partial charge on any atom is -0.504 e. The van der Waals surface area contributed by atoms with Gasteiger partial charge >= 0.3 is 5.97 Å². The van der Waals surface area contributed by atoms with Gasteiger partial charge in [-0.15, -0.1) is 40.0 Å². The number of oxime groups is 1. The summed E-state index contributed by atoms with van der Waals surface area (Å²) in [6.07, 6.45) is 0. The van der Waals surface area contributed by atoms with Crippen molar-refractivity contribution < 1.29 is 48.9 Å². The summed E-state index contributed by atoms with van der Waals surface area (Å²) >= 11 is 3.38. The van der Waals surface area contributed by atoms with Gasteiger partial charge in [0.05, 0.1) is 0 Å². The number of aliphatic carboxylic acids is 1. The molecule has 2 unspecified atom stereocenters. The molecule has 0 bridgehead atoms. The minimum atomic E-state index is -1.83. The first kappa shape index (κ1) is 39.2. The van der Waals surface area contributed by atoms with Crippen LogP contribution in [-0.4, -0.2) is 115 Å². The third-order valence-corrected chi connectivity index (χ3v) is 11.1. The van der Waals surface area contributed by atoms with Crippen molar-refractivity contribution in [3.05, 3.63) is 63.7 Å². The summed E-state index contributed by atoms with van der Waals surface area (Å²) in [7, 11) is 0. The van der Waals surface area contributed by atoms with E-state index >= 15 is 0 Å². The van der Waals surface area contributed by atoms with Crippen LogP contribution in [0.15, 0.2) is 51.1 Å². The molecule has 292 valence electrons. The summed E-state index contributed by atoms with van der Waals surface area (Å²) < 4.78 is 1.31. The highest BCUT2D eigenvalue weighted by Crippen LogP contribution is 2.41. The maximum absolute atomic E-state index is 13.7. The van der Waals surface area contributed by atoms with E-state index < -0.39 is 69.7 Å². The van der Waals surface area contributed by atoms with E-state index in [-0.39, 0.29) is 45.2 Å². The van der Waals surface area contributed by atoms with Crippen LogP contribution in [0.2, 0.25) is 0 Å². The highest BCUT2D eigenvalue weighted by atomic mass is 32.2. The van der Waals surface area contributed by atoms with Crippen LogP contribution < -0.4 is 27.6 Å². The molecule has 2 atom stereocenters. The van der Waals surface area contributed by atoms with Gasteiger partial charge in [0.1, 0.15) is 27.8 Å². The summed E-state index contributed by atoms with van der Waals surface area (Å²) in [6.45, 7) is 4.26. The van der Waals surface area contributed by atoms with Crippen molar-refractivity contribution in [2.75, 3.05) is 17.2 Å². The Kier molecular flexibility index (Phi) is 10.7. The summed E-state index contributed by atoms with van der Waals surface area (Å²) in [5.74, 6) is -6.46. The lowest BCUT2D eigenvalue weighted by Gasteiger charge is -2.49. The van der Waals surface area contributed by atoms with Crippen molar-refractivity contribution in [1.29, 1.82) is 0 Å². The number of amides is 5. The molecule has 0 aliphatic carbocycles. The van der Waals surface area contributed by atoms with Crippen molar-refractivity contribution in [2.24, 2.45) is 10.9 Å². The van der Waals surface area contributed by atoms with Gasteiger partial charge in [-0.05, 0) is 50.6 Å². The molecule has 1 aromatic carbocycles. The Hall–Kier alpha value is -6.47. The number of nitrogens with two attached hydrogens (primary N) is 2. The number of primary amides is 1. The second-order valence-corrected chi connectivity index (χ2v) is 15.4. The number of phenols is 2. The fraction of sp³-hybridized carbons (Fsp3) is 0.258. The average Bonchev–Trinajstić information content (AvgIpc) is 3.78. The number of phenolic OH excluding ortho intramolecular Hbond substituents is 2. The number of thioether (sulfide) groups is 2. The zero-order valence-corrected chi connectivity index (χ0v) is 31.6. The molecule has 2 aliphatic rings. The van der Waals surface area contributed by atoms with Crippen LogP contribution in [-0.2, 0) is 24.0 Å². The minimum absolute atomic E-state index is 0.0530. The molecule has 56 heavy (non-hydrogen) atoms. The van der Waals surface area contributed by atoms with Gasteiger partial charge in [-0.3, -0.25) is 39.7 Å². The lowest BCUT2D eigenvalue weighted by Crippen LogP contribution is -2.71. The van der Waals surface area contributed by atoms with Crippen LogP contribution in [0.4, 0.5) is 5.13 Å². The summed E-state index contributed by atoms with van der Waals surface area (Å²) in [5, 5.41) is 41.0. The molecule has 5 amide bonds. The van der Waals surface area contributed by atoms with Gasteiger partial charge in [-0.2, -0.15) is 9.50 Å². The topological polar surface area (TPSA) is 332 Å². The number of hydrazine groups is 1. The molecule has 25 heteroatoms. The van der Waals surface area contributed by atoms with E-state index in [2.05, 4.69) is 41.4 Å². The predicted molar refractivity (Wildman–Crippen MR) is 198 cm³/mol. The lowest BCUT2D eigenvalue weighted by atomic mass is 10.0. The van der Waals surface area contributed by atoms with E-state index in [1.807, 2.05) is 0 Å². The monoisotopic (exact) mass is 826 g/mol. The largest absolute Gasteiger partial charge is 0.504 e. The van der Waals surface area contributed by atoms with Crippen molar-refractivity contribution in [2.45, 2.75) is 42.8 Å². The number of carboxylic acid groups (broad SMARTS) is 1. The highest BCUT2D eigenvalue weighted by molar-refractivity contribution is 8.01. The first-order valence-corrected chi connectivity index (χ1v) is 18.8. The first-order chi connectivity index (χ1) is 26.4. The van der Waals surface area contributed by atoms with Crippen molar-refractivity contribution >= 4 is 87.0 Å². The number of β-lactam (4-membered cyclic amide) rings is 1. The van der Waals surface area contributed by atoms with E-state index in [1.165, 1.54) is 53.3 Å². The van der Waals surface area contributed by atoms with Crippen LogP contribution >= 0.6 is 34.9 Å². The number of aromatic hydroxyl groups is 2. The molecule has 0 radical (unpaired) electrons. The Labute approximate surface area is 326 Å². The zero-order valence-electron chi connectivity index (χ0n) is 29.2. The maximum Gasteiger partial charge on any atom is 0.352 e. The second-order valence-electron chi connectivity index (χ2n) is 12.4. The van der Waals surface area contributed by atoms with E-state index in [0.717, 1.165) is 28.4 Å². The number of aromatic nitrogens is 5. The summed E-state index contributed by atoms with van der Waals surface area (Å²) in [6, 6.07) is 3.75. The number of fused-ring (bicyclic) bond motifs is 2. The maximum atomic E-state index is 13.7. The normalized spacial score (nSPS) is 16.9. The number of nitrogens with one attached hydrogen (secondary N) is 3. The van der Waals surface area contributed by atoms with Gasteiger partial charge in [0.2, 0.25) is 11.4 Å². The van der Waals surface area contributed by atoms with Crippen molar-refractivity contribution in [3.63, 3.8) is 0 Å². The van der Waals surface area contributed by atoms with Gasteiger partial charge < -0.3 is 36.9 Å². The Balaban J connectivity index is 1.14. The first-order valence-electron chi connectivity index (χ1n) is 15.9. The molecule has 4 aromatic rings. The number of hydrogen-bond acceptors (Lipinski definition) is 18. The van der Waals surface area contributed by atoms with Gasteiger partial charge in [-0.1, -0.05) is 5.16 Å². The molecule has 2 aliphatic heterocycles. The third kappa shape index (κ3) is 7.85. The van der Waals surface area contributed by atoms with Crippen LogP contribution in [0.3, 0.4) is 0 Å². The molecule has 10 N–H and O–H groups in total. The van der Waals surface area contributed by atoms with Crippen LogP contribution in [0.5, 0.6) is 11.5 Å². The number of carbonyl (C=O) groups is 6. The Morgan fingerprint density at radius 2 is 1.86 bits per heavy atom. The fourth-order valence-corrected chi connectivity index (χ4v) is 8.21. The number of nitrogens with zero attached hydrogens (tertiary/aromatic N) is 7. The number of nitrogen functional groups attached to an aromatic ring is 1. The van der Waals surface area contributed by atoms with Crippen LogP contribution in [0.1, 0.15) is 46.2 Å². The number of aryl methyl sites for hydroxylation is 1. The van der Waals surface area contributed by atoms with Gasteiger partial charge in [0, 0.05) is 28.1 Å². The lowest BCUT2D eigenvalue weighted by molar-refractivity contribution is -0.150. The quantitative estimate of drug-likeness (QED) is 0.0222.